The predicted molar refractivity (Wildman–Crippen MR) is 170 cm³/mol. The van der Waals surface area contributed by atoms with Crippen LogP contribution in [0.4, 0.5) is 0 Å². The van der Waals surface area contributed by atoms with E-state index in [1.54, 1.807) is 0 Å². The fourth-order valence-electron chi connectivity index (χ4n) is 4.44. The van der Waals surface area contributed by atoms with E-state index in [1.807, 2.05) is 30.0 Å². The summed E-state index contributed by atoms with van der Waals surface area (Å²) in [7, 11) is 0. The van der Waals surface area contributed by atoms with Gasteiger partial charge in [0, 0.05) is 5.75 Å². The molecule has 11 heteroatoms. The lowest BCUT2D eigenvalue weighted by atomic mass is 9.84. The standard InChI is InChI=1S/C33H43NO9S/c35-25-30(37)32(39)31(38)29(36)24-34-43-21-20-41-17-16-40-18-19-42-22-23-44-33(26-10-4-1-5-11-26,27-12-6-2-7-13-27)28-14-8-3-9-15-28/h1-15,24,29-32,35-39H,16-23,25H2/b34-24+/t29-,30+,31+,32-/m0/s1. The Kier molecular flexibility index (Phi) is 16.4. The molecular formula is C33H43NO9S. The normalized spacial score (nSPS) is 14.8. The van der Waals surface area contributed by atoms with Crippen molar-refractivity contribution < 1.29 is 44.6 Å². The van der Waals surface area contributed by atoms with E-state index in [9.17, 15) is 20.4 Å². The second-order valence-corrected chi connectivity index (χ2v) is 11.1. The van der Waals surface area contributed by atoms with Crippen molar-refractivity contribution in [2.45, 2.75) is 29.2 Å². The number of ether oxygens (including phenoxy) is 3. The molecule has 0 spiro atoms. The lowest BCUT2D eigenvalue weighted by Crippen LogP contribution is -2.46. The molecule has 0 aliphatic rings. The molecular weight excluding hydrogens is 586 g/mol. The molecule has 0 bridgehead atoms. The summed E-state index contributed by atoms with van der Waals surface area (Å²) in [6.45, 7) is 1.77. The number of hydrogen-bond donors (Lipinski definition) is 5. The van der Waals surface area contributed by atoms with E-state index in [-0.39, 0.29) is 18.0 Å². The third-order valence-electron chi connectivity index (χ3n) is 6.72. The summed E-state index contributed by atoms with van der Waals surface area (Å²) in [6, 6.07) is 31.7. The van der Waals surface area contributed by atoms with Crippen LogP contribution in [-0.2, 0) is 23.8 Å². The summed E-state index contributed by atoms with van der Waals surface area (Å²) < 4.78 is 16.5. The zero-order chi connectivity index (χ0) is 31.5. The molecule has 44 heavy (non-hydrogen) atoms. The second kappa shape index (κ2) is 20.2. The average Bonchev–Trinajstić information content (AvgIpc) is 3.08. The number of benzene rings is 3. The summed E-state index contributed by atoms with van der Waals surface area (Å²) in [5.41, 5.74) is 3.65. The van der Waals surface area contributed by atoms with Gasteiger partial charge in [-0.05, 0) is 16.7 Å². The van der Waals surface area contributed by atoms with Crippen molar-refractivity contribution in [3.8, 4) is 0 Å². The quantitative estimate of drug-likeness (QED) is 0.0485. The van der Waals surface area contributed by atoms with Gasteiger partial charge >= 0.3 is 0 Å². The number of nitrogens with zero attached hydrogens (tertiary/aromatic N) is 1. The topological polar surface area (TPSA) is 150 Å². The van der Waals surface area contributed by atoms with Crippen LogP contribution in [0.15, 0.2) is 96.2 Å². The van der Waals surface area contributed by atoms with Gasteiger partial charge in [-0.3, -0.25) is 0 Å². The SMILES string of the molecule is OC[C@@H](O)[C@H](O)[C@H](O)[C@@H](O)/C=N/OCCOCCOCCOCCSC(c1ccccc1)(c1ccccc1)c1ccccc1. The average molecular weight is 630 g/mol. The first kappa shape index (κ1) is 35.6. The maximum atomic E-state index is 9.71. The third kappa shape index (κ3) is 11.0. The largest absolute Gasteiger partial charge is 0.394 e. The van der Waals surface area contributed by atoms with Crippen LogP contribution < -0.4 is 0 Å². The van der Waals surface area contributed by atoms with Crippen LogP contribution in [0.5, 0.6) is 0 Å². The van der Waals surface area contributed by atoms with Gasteiger partial charge in [-0.15, -0.1) is 11.8 Å². The van der Waals surface area contributed by atoms with E-state index in [0.717, 1.165) is 12.0 Å². The predicted octanol–water partition coefficient (Wildman–Crippen LogP) is 2.20. The van der Waals surface area contributed by atoms with Crippen LogP contribution in [0.1, 0.15) is 16.7 Å². The van der Waals surface area contributed by atoms with Gasteiger partial charge in [-0.1, -0.05) is 96.2 Å². The Balaban J connectivity index is 1.31. The van der Waals surface area contributed by atoms with Crippen LogP contribution in [-0.4, -0.2) is 115 Å². The highest BCUT2D eigenvalue weighted by molar-refractivity contribution is 8.00. The molecule has 0 aromatic heterocycles. The molecule has 0 heterocycles. The lowest BCUT2D eigenvalue weighted by molar-refractivity contribution is -0.100. The van der Waals surface area contributed by atoms with Crippen molar-refractivity contribution in [2.24, 2.45) is 5.16 Å². The maximum Gasteiger partial charge on any atom is 0.140 e. The maximum absolute atomic E-state index is 9.71. The minimum Gasteiger partial charge on any atom is -0.394 e. The van der Waals surface area contributed by atoms with E-state index in [0.29, 0.717) is 33.0 Å². The number of hydrogen-bond acceptors (Lipinski definition) is 11. The fraction of sp³-hybridized carbons (Fsp3) is 0.424. The molecule has 0 saturated carbocycles. The molecule has 0 fully saturated rings. The van der Waals surface area contributed by atoms with Gasteiger partial charge in [-0.2, -0.15) is 0 Å². The lowest BCUT2D eigenvalue weighted by Gasteiger charge is -2.35. The molecule has 0 amide bonds. The summed E-state index contributed by atoms with van der Waals surface area (Å²) in [6.07, 6.45) is -5.75. The zero-order valence-electron chi connectivity index (χ0n) is 24.6. The Morgan fingerprint density at radius 1 is 0.614 bits per heavy atom. The van der Waals surface area contributed by atoms with Crippen LogP contribution >= 0.6 is 11.8 Å². The van der Waals surface area contributed by atoms with E-state index < -0.39 is 31.0 Å². The van der Waals surface area contributed by atoms with Gasteiger partial charge in [0.15, 0.2) is 0 Å². The Bertz CT molecular complexity index is 1080. The Labute approximate surface area is 262 Å². The monoisotopic (exact) mass is 629 g/mol. The van der Waals surface area contributed by atoms with Crippen molar-refractivity contribution in [1.29, 1.82) is 0 Å². The molecule has 240 valence electrons. The molecule has 4 atom stereocenters. The fourth-order valence-corrected chi connectivity index (χ4v) is 5.86. The Morgan fingerprint density at radius 2 is 1.05 bits per heavy atom. The van der Waals surface area contributed by atoms with Crippen molar-refractivity contribution in [3.63, 3.8) is 0 Å². The van der Waals surface area contributed by atoms with Gasteiger partial charge < -0.3 is 44.6 Å². The van der Waals surface area contributed by atoms with Gasteiger partial charge in [0.05, 0.1) is 57.2 Å². The van der Waals surface area contributed by atoms with Gasteiger partial charge in [0.1, 0.15) is 31.0 Å². The first-order valence-electron chi connectivity index (χ1n) is 14.5. The van der Waals surface area contributed by atoms with E-state index in [2.05, 4.69) is 78.0 Å². The molecule has 3 aromatic rings. The van der Waals surface area contributed by atoms with E-state index >= 15 is 0 Å². The van der Waals surface area contributed by atoms with E-state index in [1.165, 1.54) is 16.7 Å². The van der Waals surface area contributed by atoms with Gasteiger partial charge in [-0.25, -0.2) is 0 Å². The molecule has 0 aliphatic heterocycles. The summed E-state index contributed by atoms with van der Waals surface area (Å²) in [4.78, 5) is 4.93. The smallest absolute Gasteiger partial charge is 0.140 e. The van der Waals surface area contributed by atoms with Crippen LogP contribution in [0.3, 0.4) is 0 Å². The summed E-state index contributed by atoms with van der Waals surface area (Å²) in [5.74, 6) is 0.783. The second-order valence-electron chi connectivity index (χ2n) is 9.77. The molecule has 3 aromatic carbocycles. The Hall–Kier alpha value is -2.84. The Morgan fingerprint density at radius 3 is 1.50 bits per heavy atom. The van der Waals surface area contributed by atoms with Crippen molar-refractivity contribution >= 4 is 18.0 Å². The van der Waals surface area contributed by atoms with Crippen LogP contribution in [0, 0.1) is 0 Å². The van der Waals surface area contributed by atoms with Gasteiger partial charge in [0.2, 0.25) is 0 Å². The van der Waals surface area contributed by atoms with Crippen molar-refractivity contribution in [3.05, 3.63) is 108 Å². The highest BCUT2D eigenvalue weighted by Crippen LogP contribution is 2.48. The van der Waals surface area contributed by atoms with E-state index in [4.69, 9.17) is 24.2 Å². The number of rotatable bonds is 22. The molecule has 0 radical (unpaired) electrons. The molecule has 10 nitrogen and oxygen atoms in total. The molecule has 0 saturated heterocycles. The number of aliphatic hydroxyl groups excluding tert-OH is 5. The molecule has 3 rings (SSSR count). The number of thioether (sulfide) groups is 1. The number of oxime groups is 1. The van der Waals surface area contributed by atoms with Crippen LogP contribution in [0.25, 0.3) is 0 Å². The molecule has 0 aliphatic carbocycles. The van der Waals surface area contributed by atoms with Gasteiger partial charge in [0.25, 0.3) is 0 Å². The number of aliphatic hydroxyl groups is 5. The first-order valence-corrected chi connectivity index (χ1v) is 15.5. The minimum atomic E-state index is -1.73. The molecule has 0 unspecified atom stereocenters. The highest BCUT2D eigenvalue weighted by Gasteiger charge is 2.36. The summed E-state index contributed by atoms with van der Waals surface area (Å²) >= 11 is 1.85. The van der Waals surface area contributed by atoms with Crippen LogP contribution in [0.2, 0.25) is 0 Å². The first-order chi connectivity index (χ1) is 21.5. The third-order valence-corrected chi connectivity index (χ3v) is 8.23. The molecule has 5 N–H and O–H groups in total. The summed E-state index contributed by atoms with van der Waals surface area (Å²) in [5, 5.41) is 50.5. The van der Waals surface area contributed by atoms with Crippen molar-refractivity contribution in [2.75, 3.05) is 58.6 Å². The van der Waals surface area contributed by atoms with Crippen molar-refractivity contribution in [1.82, 2.24) is 0 Å². The highest BCUT2D eigenvalue weighted by atomic mass is 32.2. The zero-order valence-corrected chi connectivity index (χ0v) is 25.5. The minimum absolute atomic E-state index is 0.0956.